The maximum Gasteiger partial charge on any atom is 0.410 e. The van der Waals surface area contributed by atoms with Gasteiger partial charge in [0.1, 0.15) is 23.2 Å². The van der Waals surface area contributed by atoms with Crippen LogP contribution in [-0.2, 0) is 4.74 Å². The van der Waals surface area contributed by atoms with Crippen molar-refractivity contribution in [3.63, 3.8) is 0 Å². The van der Waals surface area contributed by atoms with E-state index in [1.165, 1.54) is 0 Å². The average Bonchev–Trinajstić information content (AvgIpc) is 3.31. The summed E-state index contributed by atoms with van der Waals surface area (Å²) in [7, 11) is 0. The van der Waals surface area contributed by atoms with Crippen LogP contribution < -0.4 is 10.1 Å². The van der Waals surface area contributed by atoms with Crippen LogP contribution in [0.2, 0.25) is 5.02 Å². The molecule has 0 saturated carbocycles. The number of rotatable bonds is 5. The van der Waals surface area contributed by atoms with E-state index < -0.39 is 5.60 Å². The number of hydrogen-bond donors (Lipinski definition) is 1. The first-order valence-electron chi connectivity index (χ1n) is 11.6. The van der Waals surface area contributed by atoms with Crippen LogP contribution in [0.5, 0.6) is 5.75 Å². The Bertz CT molecular complexity index is 1170. The highest BCUT2D eigenvalue weighted by molar-refractivity contribution is 6.30. The molecule has 0 atom stereocenters. The maximum atomic E-state index is 12.6. The van der Waals surface area contributed by atoms with Crippen molar-refractivity contribution in [1.29, 1.82) is 0 Å². The molecule has 0 unspecified atom stereocenters. The molecule has 1 aromatic heterocycles. The summed E-state index contributed by atoms with van der Waals surface area (Å²) in [6, 6.07) is 17.8. The number of benzene rings is 2. The number of nitrogens with one attached hydrogen (secondary N) is 1. The summed E-state index contributed by atoms with van der Waals surface area (Å²) in [6.07, 6.45) is 1.05. The second-order valence-electron chi connectivity index (χ2n) is 9.41. The number of likely N-dealkylation sites (tertiary alicyclic amines) is 1. The number of hydrogen-bond acceptors (Lipinski definition) is 5. The van der Waals surface area contributed by atoms with Gasteiger partial charge < -0.3 is 24.1 Å². The molecule has 0 aliphatic carbocycles. The van der Waals surface area contributed by atoms with Crippen LogP contribution in [0, 0.1) is 0 Å². The topological polar surface area (TPSA) is 81.0 Å². The molecule has 7 nitrogen and oxygen atoms in total. The van der Waals surface area contributed by atoms with Crippen molar-refractivity contribution in [2.24, 2.45) is 0 Å². The van der Waals surface area contributed by atoms with Crippen LogP contribution in [0.25, 0.3) is 11.3 Å². The minimum Gasteiger partial charge on any atom is -0.490 e. The van der Waals surface area contributed by atoms with Crippen molar-refractivity contribution in [2.75, 3.05) is 18.4 Å². The maximum absolute atomic E-state index is 12.6. The van der Waals surface area contributed by atoms with Gasteiger partial charge in [0.25, 0.3) is 5.91 Å². The Morgan fingerprint density at radius 3 is 2.37 bits per heavy atom. The van der Waals surface area contributed by atoms with Crippen LogP contribution in [0.4, 0.5) is 10.5 Å². The zero-order valence-corrected chi connectivity index (χ0v) is 20.8. The van der Waals surface area contributed by atoms with Gasteiger partial charge in [-0.05, 0) is 69.3 Å². The summed E-state index contributed by atoms with van der Waals surface area (Å²) in [5.41, 5.74) is 0.864. The first kappa shape index (κ1) is 24.7. The van der Waals surface area contributed by atoms with E-state index in [4.69, 9.17) is 25.5 Å². The third kappa shape index (κ3) is 6.57. The van der Waals surface area contributed by atoms with E-state index in [0.717, 1.165) is 5.56 Å². The van der Waals surface area contributed by atoms with Crippen molar-refractivity contribution < 1.29 is 23.5 Å². The lowest BCUT2D eigenvalue weighted by atomic mass is 10.1. The highest BCUT2D eigenvalue weighted by Crippen LogP contribution is 2.33. The number of piperidine rings is 1. The predicted octanol–water partition coefficient (Wildman–Crippen LogP) is 6.63. The molecule has 0 radical (unpaired) electrons. The summed E-state index contributed by atoms with van der Waals surface area (Å²) in [4.78, 5) is 26.6. The monoisotopic (exact) mass is 496 g/mol. The number of halogens is 1. The van der Waals surface area contributed by atoms with Crippen LogP contribution >= 0.6 is 11.6 Å². The SMILES string of the molecule is CC(C)(C)OC(=O)N1CCC(Oc2ccccc2-c2ccc(C(=O)Nc3ccc(Cl)cc3)o2)CC1. The Kier molecular flexibility index (Phi) is 7.36. The summed E-state index contributed by atoms with van der Waals surface area (Å²) < 4.78 is 17.6. The predicted molar refractivity (Wildman–Crippen MR) is 135 cm³/mol. The Labute approximate surface area is 210 Å². The molecule has 1 aliphatic rings. The van der Waals surface area contributed by atoms with Gasteiger partial charge in [-0.2, -0.15) is 0 Å². The third-order valence-corrected chi connectivity index (χ3v) is 5.72. The highest BCUT2D eigenvalue weighted by Gasteiger charge is 2.28. The normalized spacial score (nSPS) is 14.5. The van der Waals surface area contributed by atoms with Crippen molar-refractivity contribution in [3.05, 3.63) is 71.4 Å². The lowest BCUT2D eigenvalue weighted by Crippen LogP contribution is -2.44. The number of anilines is 1. The zero-order chi connectivity index (χ0) is 25.0. The molecule has 1 fully saturated rings. The Hall–Kier alpha value is -3.45. The first-order chi connectivity index (χ1) is 16.7. The van der Waals surface area contributed by atoms with Crippen molar-refractivity contribution >= 4 is 29.3 Å². The molecule has 4 rings (SSSR count). The Balaban J connectivity index is 1.39. The molecule has 8 heteroatoms. The lowest BCUT2D eigenvalue weighted by molar-refractivity contribution is 0.0127. The van der Waals surface area contributed by atoms with Gasteiger partial charge in [-0.25, -0.2) is 4.79 Å². The van der Waals surface area contributed by atoms with Gasteiger partial charge in [0.15, 0.2) is 5.76 Å². The summed E-state index contributed by atoms with van der Waals surface area (Å²) in [5, 5.41) is 3.39. The van der Waals surface area contributed by atoms with Crippen LogP contribution in [0.3, 0.4) is 0 Å². The molecule has 2 amide bonds. The van der Waals surface area contributed by atoms with E-state index in [-0.39, 0.29) is 23.9 Å². The number of carbonyl (C=O) groups is 2. The largest absolute Gasteiger partial charge is 0.490 e. The van der Waals surface area contributed by atoms with E-state index >= 15 is 0 Å². The second-order valence-corrected chi connectivity index (χ2v) is 9.84. The van der Waals surface area contributed by atoms with Crippen LogP contribution in [-0.4, -0.2) is 41.7 Å². The molecular weight excluding hydrogens is 468 g/mol. The van der Waals surface area contributed by atoms with Gasteiger partial charge in [0, 0.05) is 36.6 Å². The van der Waals surface area contributed by atoms with Crippen molar-refractivity contribution in [1.82, 2.24) is 4.90 Å². The third-order valence-electron chi connectivity index (χ3n) is 5.47. The van der Waals surface area contributed by atoms with Gasteiger partial charge in [-0.3, -0.25) is 4.79 Å². The van der Waals surface area contributed by atoms with Gasteiger partial charge in [-0.15, -0.1) is 0 Å². The van der Waals surface area contributed by atoms with Crippen molar-refractivity contribution in [2.45, 2.75) is 45.3 Å². The van der Waals surface area contributed by atoms with Crippen LogP contribution in [0.1, 0.15) is 44.2 Å². The Morgan fingerprint density at radius 1 is 1.00 bits per heavy atom. The molecule has 1 N–H and O–H groups in total. The minimum atomic E-state index is -0.517. The minimum absolute atomic E-state index is 0.0440. The number of carbonyl (C=O) groups excluding carboxylic acids is 2. The number of nitrogens with zero attached hydrogens (tertiary/aromatic N) is 1. The van der Waals surface area contributed by atoms with E-state index in [1.807, 2.05) is 45.0 Å². The Morgan fingerprint density at radius 2 is 1.69 bits per heavy atom. The zero-order valence-electron chi connectivity index (χ0n) is 20.0. The number of amides is 2. The summed E-state index contributed by atoms with van der Waals surface area (Å²) >= 11 is 5.90. The number of para-hydroxylation sites is 1. The van der Waals surface area contributed by atoms with E-state index in [2.05, 4.69) is 5.32 Å². The van der Waals surface area contributed by atoms with E-state index in [9.17, 15) is 9.59 Å². The number of ether oxygens (including phenoxy) is 2. The molecule has 2 aromatic carbocycles. The van der Waals surface area contributed by atoms with Gasteiger partial charge in [0.05, 0.1) is 5.56 Å². The quantitative estimate of drug-likeness (QED) is 0.428. The molecule has 3 aromatic rings. The first-order valence-corrected chi connectivity index (χ1v) is 12.0. The average molecular weight is 497 g/mol. The fourth-order valence-corrected chi connectivity index (χ4v) is 3.89. The van der Waals surface area contributed by atoms with E-state index in [1.54, 1.807) is 41.3 Å². The smallest absolute Gasteiger partial charge is 0.410 e. The second kappa shape index (κ2) is 10.4. The van der Waals surface area contributed by atoms with Gasteiger partial charge in [0.2, 0.25) is 0 Å². The molecule has 0 spiro atoms. The summed E-state index contributed by atoms with van der Waals surface area (Å²) in [6.45, 7) is 6.71. The molecule has 1 saturated heterocycles. The standard InChI is InChI=1S/C27H29ClN2O5/c1-27(2,3)35-26(32)30-16-14-20(15-17-30)33-22-7-5-4-6-21(22)23-12-13-24(34-23)25(31)29-19-10-8-18(28)9-11-19/h4-13,20H,14-17H2,1-3H3,(H,29,31). The molecule has 2 heterocycles. The highest BCUT2D eigenvalue weighted by atomic mass is 35.5. The van der Waals surface area contributed by atoms with Gasteiger partial charge in [-0.1, -0.05) is 23.7 Å². The molecule has 35 heavy (non-hydrogen) atoms. The molecular formula is C27H29ClN2O5. The summed E-state index contributed by atoms with van der Waals surface area (Å²) in [5.74, 6) is 1.04. The van der Waals surface area contributed by atoms with Crippen molar-refractivity contribution in [3.8, 4) is 17.1 Å². The van der Waals surface area contributed by atoms with Crippen LogP contribution in [0.15, 0.2) is 65.1 Å². The molecule has 184 valence electrons. The fraction of sp³-hybridized carbons (Fsp3) is 0.333. The molecule has 1 aliphatic heterocycles. The van der Waals surface area contributed by atoms with E-state index in [0.29, 0.717) is 48.2 Å². The van der Waals surface area contributed by atoms with Gasteiger partial charge >= 0.3 is 6.09 Å². The fourth-order valence-electron chi connectivity index (χ4n) is 3.77. The molecule has 0 bridgehead atoms. The number of furan rings is 1. The lowest BCUT2D eigenvalue weighted by Gasteiger charge is -2.33.